The van der Waals surface area contributed by atoms with Crippen molar-refractivity contribution >= 4 is 85.1 Å². The molecule has 0 bridgehead atoms. The van der Waals surface area contributed by atoms with Gasteiger partial charge in [-0.15, -0.1) is 0 Å². The smallest absolute Gasteiger partial charge is 0.270 e. The number of nitrogens with two attached hydrogens (primary N) is 3. The number of nitrogen functional groups attached to an aromatic ring is 3. The molecular weight excluding hydrogens is 880 g/mol. The molecule has 0 unspecified atom stereocenters. The van der Waals surface area contributed by atoms with Gasteiger partial charge in [0.1, 0.15) is 22.7 Å². The van der Waals surface area contributed by atoms with E-state index in [0.29, 0.717) is 56.1 Å². The number of hydrogen-bond donors (Lipinski definition) is 4. The Hall–Kier alpha value is -8.33. The maximum Gasteiger partial charge on any atom is 0.270 e. The molecule has 2 aliphatic rings. The lowest BCUT2D eigenvalue weighted by molar-refractivity contribution is -0.385. The highest BCUT2D eigenvalue weighted by atomic mass is 35.5. The number of nitrogens with one attached hydrogen (secondary N) is 1. The minimum Gasteiger partial charge on any atom is -0.399 e. The Morgan fingerprint density at radius 1 is 0.582 bits per heavy atom. The molecule has 340 valence electrons. The number of morpholine rings is 2. The highest BCUT2D eigenvalue weighted by molar-refractivity contribution is 6.29. The number of aromatic nitrogens is 6. The fourth-order valence-corrected chi connectivity index (χ4v) is 7.53. The van der Waals surface area contributed by atoms with Gasteiger partial charge in [0.15, 0.2) is 0 Å². The molecule has 67 heavy (non-hydrogen) atoms. The van der Waals surface area contributed by atoms with E-state index in [-0.39, 0.29) is 22.5 Å². The molecule has 6 heterocycles. The summed E-state index contributed by atoms with van der Waals surface area (Å²) in [4.78, 5) is 51.4. The van der Waals surface area contributed by atoms with Crippen molar-refractivity contribution in [3.05, 3.63) is 147 Å². The number of nitro groups is 2. The number of hydrogen-bond acceptors (Lipinski definition) is 18. The van der Waals surface area contributed by atoms with E-state index < -0.39 is 9.85 Å². The number of fused-ring (bicyclic) bond motifs is 2. The molecule has 7 N–H and O–H groups in total. The minimum absolute atomic E-state index is 0.000296. The van der Waals surface area contributed by atoms with Gasteiger partial charge in [0.25, 0.3) is 11.4 Å². The Morgan fingerprint density at radius 2 is 1.04 bits per heavy atom. The van der Waals surface area contributed by atoms with Gasteiger partial charge in [-0.1, -0.05) is 24.3 Å². The maximum absolute atomic E-state index is 11.2. The van der Waals surface area contributed by atoms with Crippen molar-refractivity contribution < 1.29 is 19.3 Å². The Kier molecular flexibility index (Phi) is 14.0. The fraction of sp³-hybridized carbons (Fsp3) is 0.174. The van der Waals surface area contributed by atoms with Crippen molar-refractivity contribution in [2.24, 2.45) is 0 Å². The maximum atomic E-state index is 11.2. The van der Waals surface area contributed by atoms with Crippen LogP contribution < -0.4 is 32.3 Å². The second kappa shape index (κ2) is 20.7. The first kappa shape index (κ1) is 45.2. The molecule has 0 amide bonds. The van der Waals surface area contributed by atoms with E-state index in [1.54, 1.807) is 48.8 Å². The lowest BCUT2D eigenvalue weighted by Crippen LogP contribution is -2.36. The van der Waals surface area contributed by atoms with Gasteiger partial charge in [-0.2, -0.15) is 4.98 Å². The molecular formula is C46H43ClN14O6. The number of nitro benzene ring substituents is 2. The van der Waals surface area contributed by atoms with Gasteiger partial charge in [-0.05, 0) is 72.3 Å². The molecule has 0 spiro atoms. The summed E-state index contributed by atoms with van der Waals surface area (Å²) < 4.78 is 10.7. The van der Waals surface area contributed by atoms with Crippen LogP contribution in [0.15, 0.2) is 122 Å². The highest BCUT2D eigenvalue weighted by Crippen LogP contribution is 2.32. The number of ether oxygens (including phenoxy) is 2. The van der Waals surface area contributed by atoms with E-state index in [1.165, 1.54) is 30.0 Å². The predicted molar refractivity (Wildman–Crippen MR) is 259 cm³/mol. The summed E-state index contributed by atoms with van der Waals surface area (Å²) in [7, 11) is 0. The number of nitrogens with zero attached hydrogens (tertiary/aromatic N) is 10. The first-order chi connectivity index (χ1) is 32.5. The molecule has 4 aromatic heterocycles. The summed E-state index contributed by atoms with van der Waals surface area (Å²) in [5.41, 5.74) is 24.6. The lowest BCUT2D eigenvalue weighted by atomic mass is 10.1. The van der Waals surface area contributed by atoms with Crippen LogP contribution in [-0.2, 0) is 9.47 Å². The fourth-order valence-electron chi connectivity index (χ4n) is 7.35. The van der Waals surface area contributed by atoms with Gasteiger partial charge < -0.3 is 41.8 Å². The summed E-state index contributed by atoms with van der Waals surface area (Å²) in [5.74, 6) is 0.847. The van der Waals surface area contributed by atoms with Crippen molar-refractivity contribution in [2.75, 3.05) is 84.9 Å². The Bertz CT molecular complexity index is 3050. The number of halogens is 1. The zero-order valence-electron chi connectivity index (χ0n) is 35.7. The molecule has 0 radical (unpaired) electrons. The van der Waals surface area contributed by atoms with Crippen LogP contribution in [0.1, 0.15) is 0 Å². The molecule has 4 aromatic carbocycles. The minimum atomic E-state index is -0.467. The summed E-state index contributed by atoms with van der Waals surface area (Å²) in [6, 6.07) is 31.8. The lowest BCUT2D eigenvalue weighted by Gasteiger charge is -2.28. The SMILES string of the molecule is Nc1ccc(N2CCOCC2)cc1.Nc1nc(Cl)nc2c(-c3cccc([N+](=O)[O-])c3)nccc12.Nc1nc(Nc2ccc(N3CCOCC3)cc2)nc2c(-c3cccc([N+](=O)[O-])c3)nccc12. The number of benzene rings is 4. The number of rotatable bonds is 8. The quantitative estimate of drug-likeness (QED) is 0.0491. The van der Waals surface area contributed by atoms with E-state index >= 15 is 0 Å². The van der Waals surface area contributed by atoms with E-state index in [9.17, 15) is 20.2 Å². The zero-order valence-corrected chi connectivity index (χ0v) is 36.5. The van der Waals surface area contributed by atoms with Crippen molar-refractivity contribution in [3.63, 3.8) is 0 Å². The second-order valence-corrected chi connectivity index (χ2v) is 15.3. The normalized spacial score (nSPS) is 13.5. The summed E-state index contributed by atoms with van der Waals surface area (Å²) in [6.45, 7) is 6.79. The third-order valence-corrected chi connectivity index (χ3v) is 10.9. The predicted octanol–water partition coefficient (Wildman–Crippen LogP) is 7.70. The van der Waals surface area contributed by atoms with Crippen molar-refractivity contribution in [2.45, 2.75) is 0 Å². The molecule has 10 rings (SSSR count). The Labute approximate surface area is 387 Å². The molecule has 21 heteroatoms. The van der Waals surface area contributed by atoms with Crippen LogP contribution in [0, 0.1) is 20.2 Å². The van der Waals surface area contributed by atoms with Gasteiger partial charge in [0.05, 0.1) is 47.7 Å². The third kappa shape index (κ3) is 11.0. The number of pyridine rings is 2. The van der Waals surface area contributed by atoms with Crippen LogP contribution in [0.2, 0.25) is 5.28 Å². The van der Waals surface area contributed by atoms with Crippen molar-refractivity contribution in [1.82, 2.24) is 29.9 Å². The van der Waals surface area contributed by atoms with Crippen LogP contribution in [-0.4, -0.2) is 92.4 Å². The van der Waals surface area contributed by atoms with Gasteiger partial charge in [0, 0.05) is 107 Å². The van der Waals surface area contributed by atoms with Crippen molar-refractivity contribution in [3.8, 4) is 22.5 Å². The zero-order chi connectivity index (χ0) is 46.9. The van der Waals surface area contributed by atoms with E-state index in [0.717, 1.165) is 69.7 Å². The van der Waals surface area contributed by atoms with E-state index in [2.05, 4.69) is 57.2 Å². The van der Waals surface area contributed by atoms with Crippen molar-refractivity contribution in [1.29, 1.82) is 0 Å². The standard InChI is InChI=1S/C23H21N7O3.C13H8ClN5O2.C10H14N2O/c24-22-19-8-9-25-20(15-2-1-3-18(14-15)30(31)32)21(19)27-23(28-22)26-16-4-6-17(7-5-16)29-10-12-33-13-11-29;14-13-17-11-9(12(15)18-13)4-5-16-10(11)7-2-1-3-8(6-7)19(20)21;11-9-1-3-10(4-2-9)12-5-7-13-8-6-12/h1-9,14H,10-13H2,(H3,24,26,27,28);1-6H,(H2,15,17,18);1-4H,5-8,11H2. The summed E-state index contributed by atoms with van der Waals surface area (Å²) in [6.07, 6.45) is 3.14. The highest BCUT2D eigenvalue weighted by Gasteiger charge is 2.17. The summed E-state index contributed by atoms with van der Waals surface area (Å²) >= 11 is 5.83. The molecule has 8 aromatic rings. The van der Waals surface area contributed by atoms with Crippen LogP contribution in [0.5, 0.6) is 0 Å². The molecule has 20 nitrogen and oxygen atoms in total. The van der Waals surface area contributed by atoms with Gasteiger partial charge in [-0.25, -0.2) is 15.0 Å². The summed E-state index contributed by atoms with van der Waals surface area (Å²) in [5, 5.41) is 26.5. The number of anilines is 7. The molecule has 2 saturated heterocycles. The average molecular weight is 923 g/mol. The molecule has 0 saturated carbocycles. The van der Waals surface area contributed by atoms with Crippen LogP contribution >= 0.6 is 11.6 Å². The second-order valence-electron chi connectivity index (χ2n) is 15.0. The van der Waals surface area contributed by atoms with Crippen LogP contribution in [0.25, 0.3) is 44.3 Å². The molecule has 0 atom stereocenters. The monoisotopic (exact) mass is 922 g/mol. The third-order valence-electron chi connectivity index (χ3n) is 10.7. The Morgan fingerprint density at radius 3 is 1.54 bits per heavy atom. The van der Waals surface area contributed by atoms with Crippen LogP contribution in [0.4, 0.5) is 51.7 Å². The van der Waals surface area contributed by atoms with E-state index in [1.807, 2.05) is 36.4 Å². The van der Waals surface area contributed by atoms with Crippen LogP contribution in [0.3, 0.4) is 0 Å². The first-order valence-electron chi connectivity index (χ1n) is 20.9. The van der Waals surface area contributed by atoms with E-state index in [4.69, 9.17) is 38.3 Å². The Balaban J connectivity index is 0.000000152. The first-order valence-corrected chi connectivity index (χ1v) is 21.3. The molecule has 0 aliphatic carbocycles. The molecule has 2 fully saturated rings. The number of non-ortho nitro benzene ring substituents is 2. The average Bonchev–Trinajstić information content (AvgIpc) is 3.35. The topological polar surface area (TPSA) is 279 Å². The molecule has 2 aliphatic heterocycles. The van der Waals surface area contributed by atoms with Gasteiger partial charge in [-0.3, -0.25) is 30.2 Å². The van der Waals surface area contributed by atoms with Gasteiger partial charge in [0.2, 0.25) is 11.2 Å². The van der Waals surface area contributed by atoms with Gasteiger partial charge >= 0.3 is 0 Å². The largest absolute Gasteiger partial charge is 0.399 e.